The predicted molar refractivity (Wildman–Crippen MR) is 75.5 cm³/mol. The van der Waals surface area contributed by atoms with Crippen molar-refractivity contribution in [1.29, 1.82) is 0 Å². The molecule has 106 valence electrons. The van der Waals surface area contributed by atoms with Crippen LogP contribution in [0.1, 0.15) is 50.8 Å². The Balaban J connectivity index is 2.27. The van der Waals surface area contributed by atoms with Gasteiger partial charge < -0.3 is 14.6 Å². The Kier molecular flexibility index (Phi) is 3.63. The van der Waals surface area contributed by atoms with E-state index in [1.54, 1.807) is 7.11 Å². The number of hydrogen-bond acceptors (Lipinski definition) is 3. The van der Waals surface area contributed by atoms with Gasteiger partial charge in [0, 0.05) is 25.5 Å². The maximum absolute atomic E-state index is 10.4. The van der Waals surface area contributed by atoms with Crippen molar-refractivity contribution in [3.63, 3.8) is 0 Å². The highest BCUT2D eigenvalue weighted by atomic mass is 16.5. The van der Waals surface area contributed by atoms with Gasteiger partial charge in [0.05, 0.1) is 11.7 Å². The molecule has 0 aromatic heterocycles. The van der Waals surface area contributed by atoms with Crippen molar-refractivity contribution in [1.82, 2.24) is 0 Å². The SMILES string of the molecule is COC(C)(C)CC1(C)CC(O)c2cc(C)ccc2O1. The quantitative estimate of drug-likeness (QED) is 0.909. The first kappa shape index (κ1) is 14.4. The van der Waals surface area contributed by atoms with E-state index in [-0.39, 0.29) is 5.60 Å². The number of ether oxygens (including phenoxy) is 2. The zero-order valence-electron chi connectivity index (χ0n) is 12.5. The van der Waals surface area contributed by atoms with Crippen LogP contribution in [0.3, 0.4) is 0 Å². The lowest BCUT2D eigenvalue weighted by Gasteiger charge is -2.42. The monoisotopic (exact) mass is 264 g/mol. The summed E-state index contributed by atoms with van der Waals surface area (Å²) in [5.41, 5.74) is 1.37. The van der Waals surface area contributed by atoms with Gasteiger partial charge in [-0.25, -0.2) is 0 Å². The largest absolute Gasteiger partial charge is 0.487 e. The van der Waals surface area contributed by atoms with E-state index in [2.05, 4.69) is 0 Å². The van der Waals surface area contributed by atoms with Gasteiger partial charge in [-0.15, -0.1) is 0 Å². The van der Waals surface area contributed by atoms with E-state index in [1.165, 1.54) is 0 Å². The number of aryl methyl sites for hydroxylation is 1. The number of hydrogen-bond donors (Lipinski definition) is 1. The first-order chi connectivity index (χ1) is 8.75. The van der Waals surface area contributed by atoms with E-state index in [0.29, 0.717) is 6.42 Å². The lowest BCUT2D eigenvalue weighted by Crippen LogP contribution is -2.44. The first-order valence-electron chi connectivity index (χ1n) is 6.77. The molecule has 2 rings (SSSR count). The Morgan fingerprint density at radius 3 is 2.79 bits per heavy atom. The Morgan fingerprint density at radius 2 is 2.16 bits per heavy atom. The van der Waals surface area contributed by atoms with Crippen LogP contribution in [0.15, 0.2) is 18.2 Å². The average Bonchev–Trinajstić information content (AvgIpc) is 2.29. The summed E-state index contributed by atoms with van der Waals surface area (Å²) in [5.74, 6) is 0.791. The third-order valence-corrected chi connectivity index (χ3v) is 3.86. The molecular formula is C16H24O3. The third-order valence-electron chi connectivity index (χ3n) is 3.86. The van der Waals surface area contributed by atoms with E-state index in [9.17, 15) is 5.11 Å². The molecule has 0 bridgehead atoms. The second-order valence-corrected chi connectivity index (χ2v) is 6.45. The number of aliphatic hydroxyl groups is 1. The van der Waals surface area contributed by atoms with Crippen LogP contribution in [0, 0.1) is 6.92 Å². The topological polar surface area (TPSA) is 38.7 Å². The van der Waals surface area contributed by atoms with Gasteiger partial charge in [0.1, 0.15) is 11.4 Å². The molecular weight excluding hydrogens is 240 g/mol. The van der Waals surface area contributed by atoms with Crippen molar-refractivity contribution < 1.29 is 14.6 Å². The maximum Gasteiger partial charge on any atom is 0.125 e. The highest BCUT2D eigenvalue weighted by molar-refractivity contribution is 5.40. The molecule has 0 amide bonds. The van der Waals surface area contributed by atoms with Gasteiger partial charge in [-0.1, -0.05) is 11.6 Å². The highest BCUT2D eigenvalue weighted by Crippen LogP contribution is 2.43. The fraction of sp³-hybridized carbons (Fsp3) is 0.625. The number of fused-ring (bicyclic) bond motifs is 1. The minimum atomic E-state index is -0.471. The summed E-state index contributed by atoms with van der Waals surface area (Å²) in [6, 6.07) is 5.96. The van der Waals surface area contributed by atoms with Crippen molar-refractivity contribution in [2.24, 2.45) is 0 Å². The molecule has 0 spiro atoms. The van der Waals surface area contributed by atoms with Crippen LogP contribution in [0.4, 0.5) is 0 Å². The molecule has 1 aliphatic heterocycles. The van der Waals surface area contributed by atoms with Gasteiger partial charge in [-0.2, -0.15) is 0 Å². The Bertz CT molecular complexity index is 467. The van der Waals surface area contributed by atoms with E-state index < -0.39 is 11.7 Å². The van der Waals surface area contributed by atoms with Crippen LogP contribution in [-0.2, 0) is 4.74 Å². The number of rotatable bonds is 3. The Morgan fingerprint density at radius 1 is 1.47 bits per heavy atom. The molecule has 3 nitrogen and oxygen atoms in total. The molecule has 3 heteroatoms. The van der Waals surface area contributed by atoms with Crippen molar-refractivity contribution in [2.75, 3.05) is 7.11 Å². The van der Waals surface area contributed by atoms with Gasteiger partial charge in [-0.3, -0.25) is 0 Å². The average molecular weight is 264 g/mol. The molecule has 1 N–H and O–H groups in total. The summed E-state index contributed by atoms with van der Waals surface area (Å²) in [6.07, 6.45) is 0.859. The summed E-state index contributed by atoms with van der Waals surface area (Å²) in [5, 5.41) is 10.4. The molecule has 0 aliphatic carbocycles. The van der Waals surface area contributed by atoms with Gasteiger partial charge in [0.15, 0.2) is 0 Å². The highest BCUT2D eigenvalue weighted by Gasteiger charge is 2.40. The molecule has 0 radical (unpaired) electrons. The zero-order chi connectivity index (χ0) is 14.3. The molecule has 19 heavy (non-hydrogen) atoms. The molecule has 2 unspecified atom stereocenters. The number of aliphatic hydroxyl groups excluding tert-OH is 1. The Hall–Kier alpha value is -1.06. The van der Waals surface area contributed by atoms with Gasteiger partial charge in [0.25, 0.3) is 0 Å². The predicted octanol–water partition coefficient (Wildman–Crippen LogP) is 3.38. The number of methoxy groups -OCH3 is 1. The second-order valence-electron chi connectivity index (χ2n) is 6.45. The van der Waals surface area contributed by atoms with Crippen molar-refractivity contribution in [2.45, 2.75) is 57.8 Å². The minimum absolute atomic E-state index is 0.267. The summed E-state index contributed by atoms with van der Waals surface area (Å²) in [4.78, 5) is 0. The van der Waals surface area contributed by atoms with Crippen LogP contribution in [0.5, 0.6) is 5.75 Å². The van der Waals surface area contributed by atoms with Gasteiger partial charge >= 0.3 is 0 Å². The van der Waals surface area contributed by atoms with Crippen LogP contribution in [0.25, 0.3) is 0 Å². The number of benzene rings is 1. The smallest absolute Gasteiger partial charge is 0.125 e. The maximum atomic E-state index is 10.4. The molecule has 2 atom stereocenters. The lowest BCUT2D eigenvalue weighted by molar-refractivity contribution is -0.0746. The Labute approximate surface area is 115 Å². The standard InChI is InChI=1S/C16H24O3/c1-11-6-7-14-12(8-11)13(17)9-16(4,19-14)10-15(2,3)18-5/h6-8,13,17H,9-10H2,1-5H3. The molecule has 0 fully saturated rings. The lowest BCUT2D eigenvalue weighted by atomic mass is 9.82. The van der Waals surface area contributed by atoms with Crippen LogP contribution in [0.2, 0.25) is 0 Å². The van der Waals surface area contributed by atoms with E-state index >= 15 is 0 Å². The molecule has 1 aromatic carbocycles. The summed E-state index contributed by atoms with van der Waals surface area (Å²) in [7, 11) is 1.71. The van der Waals surface area contributed by atoms with Crippen molar-refractivity contribution in [3.05, 3.63) is 29.3 Å². The fourth-order valence-electron chi connectivity index (χ4n) is 2.93. The van der Waals surface area contributed by atoms with Gasteiger partial charge in [0.2, 0.25) is 0 Å². The fourth-order valence-corrected chi connectivity index (χ4v) is 2.93. The van der Waals surface area contributed by atoms with E-state index in [4.69, 9.17) is 9.47 Å². The van der Waals surface area contributed by atoms with Crippen molar-refractivity contribution >= 4 is 0 Å². The first-order valence-corrected chi connectivity index (χ1v) is 6.77. The van der Waals surface area contributed by atoms with Crippen molar-refractivity contribution in [3.8, 4) is 5.75 Å². The molecule has 0 saturated carbocycles. The third kappa shape index (κ3) is 3.10. The molecule has 1 aliphatic rings. The molecule has 1 heterocycles. The van der Waals surface area contributed by atoms with Gasteiger partial charge in [-0.05, 0) is 39.8 Å². The zero-order valence-corrected chi connectivity index (χ0v) is 12.5. The molecule has 1 aromatic rings. The normalized spacial score (nSPS) is 26.7. The van der Waals surface area contributed by atoms with E-state index in [1.807, 2.05) is 45.9 Å². The minimum Gasteiger partial charge on any atom is -0.487 e. The second kappa shape index (κ2) is 4.80. The van der Waals surface area contributed by atoms with Crippen LogP contribution >= 0.6 is 0 Å². The van der Waals surface area contributed by atoms with Crippen LogP contribution in [-0.4, -0.2) is 23.4 Å². The van der Waals surface area contributed by atoms with Crippen LogP contribution < -0.4 is 4.74 Å². The van der Waals surface area contributed by atoms with E-state index in [0.717, 1.165) is 23.3 Å². The summed E-state index contributed by atoms with van der Waals surface area (Å²) >= 11 is 0. The summed E-state index contributed by atoms with van der Waals surface area (Å²) in [6.45, 7) is 8.14. The summed E-state index contributed by atoms with van der Waals surface area (Å²) < 4.78 is 11.6. The molecule has 0 saturated heterocycles.